The van der Waals surface area contributed by atoms with E-state index in [2.05, 4.69) is 34.0 Å². The van der Waals surface area contributed by atoms with E-state index in [1.165, 1.54) is 6.42 Å². The van der Waals surface area contributed by atoms with Crippen LogP contribution < -0.4 is 10.2 Å². The third-order valence-electron chi connectivity index (χ3n) is 3.40. The highest BCUT2D eigenvalue weighted by Crippen LogP contribution is 2.19. The molecule has 0 spiro atoms. The summed E-state index contributed by atoms with van der Waals surface area (Å²) in [6.45, 7) is 6.95. The number of aliphatic hydroxyl groups excluding tert-OH is 1. The molecule has 2 rings (SSSR count). The molecule has 1 aliphatic rings. The highest BCUT2D eigenvalue weighted by molar-refractivity contribution is 5.49. The predicted molar refractivity (Wildman–Crippen MR) is 77.4 cm³/mol. The Labute approximate surface area is 115 Å². The van der Waals surface area contributed by atoms with Gasteiger partial charge in [0.05, 0.1) is 6.10 Å². The molecule has 0 bridgehead atoms. The third kappa shape index (κ3) is 4.35. The molecule has 1 aliphatic heterocycles. The van der Waals surface area contributed by atoms with E-state index >= 15 is 0 Å². The van der Waals surface area contributed by atoms with Gasteiger partial charge < -0.3 is 15.3 Å². The van der Waals surface area contributed by atoms with Crippen LogP contribution in [0.3, 0.4) is 0 Å². The highest BCUT2D eigenvalue weighted by Gasteiger charge is 2.21. The fourth-order valence-corrected chi connectivity index (χ4v) is 2.29. The summed E-state index contributed by atoms with van der Waals surface area (Å²) >= 11 is 0. The summed E-state index contributed by atoms with van der Waals surface area (Å²) in [5.74, 6) is 2.52. The van der Waals surface area contributed by atoms with Crippen molar-refractivity contribution in [2.24, 2.45) is 5.92 Å². The summed E-state index contributed by atoms with van der Waals surface area (Å²) in [6, 6.07) is 1.97. The van der Waals surface area contributed by atoms with Crippen LogP contribution in [0.4, 0.5) is 11.6 Å². The molecule has 1 aromatic rings. The van der Waals surface area contributed by atoms with E-state index in [1.54, 1.807) is 6.33 Å². The number of anilines is 2. The largest absolute Gasteiger partial charge is 0.391 e. The molecule has 0 aliphatic carbocycles. The molecule has 19 heavy (non-hydrogen) atoms. The second kappa shape index (κ2) is 6.70. The lowest BCUT2D eigenvalue weighted by molar-refractivity contribution is 0.198. The first-order valence-corrected chi connectivity index (χ1v) is 7.14. The maximum atomic E-state index is 9.55. The van der Waals surface area contributed by atoms with E-state index in [-0.39, 0.29) is 6.10 Å². The van der Waals surface area contributed by atoms with Gasteiger partial charge in [-0.05, 0) is 25.2 Å². The van der Waals surface area contributed by atoms with Crippen molar-refractivity contribution >= 4 is 11.6 Å². The highest BCUT2D eigenvalue weighted by atomic mass is 16.3. The van der Waals surface area contributed by atoms with Crippen molar-refractivity contribution in [3.05, 3.63) is 12.4 Å². The number of aliphatic hydroxyl groups is 1. The van der Waals surface area contributed by atoms with E-state index in [1.807, 2.05) is 6.07 Å². The van der Waals surface area contributed by atoms with Crippen molar-refractivity contribution in [2.75, 3.05) is 29.9 Å². The lowest BCUT2D eigenvalue weighted by Crippen LogP contribution is -2.22. The van der Waals surface area contributed by atoms with Crippen molar-refractivity contribution in [1.82, 2.24) is 9.97 Å². The Balaban J connectivity index is 1.85. The Morgan fingerprint density at radius 2 is 2.32 bits per heavy atom. The molecule has 0 radical (unpaired) electrons. The van der Waals surface area contributed by atoms with Gasteiger partial charge in [0.2, 0.25) is 0 Å². The average Bonchev–Trinajstić information content (AvgIpc) is 2.82. The normalized spacial score (nSPS) is 19.2. The molecule has 1 aromatic heterocycles. The number of nitrogens with one attached hydrogen (secondary N) is 1. The topological polar surface area (TPSA) is 61.3 Å². The maximum absolute atomic E-state index is 9.55. The Bertz CT molecular complexity index is 397. The van der Waals surface area contributed by atoms with Crippen LogP contribution >= 0.6 is 0 Å². The minimum absolute atomic E-state index is 0.225. The lowest BCUT2D eigenvalue weighted by Gasteiger charge is -2.17. The summed E-state index contributed by atoms with van der Waals surface area (Å²) in [4.78, 5) is 10.6. The van der Waals surface area contributed by atoms with E-state index < -0.39 is 0 Å². The second-order valence-corrected chi connectivity index (χ2v) is 5.61. The molecule has 2 heterocycles. The summed E-state index contributed by atoms with van der Waals surface area (Å²) in [6.07, 6.45) is 4.56. The standard InChI is InChI=1S/C14H24N4O/c1-11(2)4-3-6-15-13-8-14(17-10-16-13)18-7-5-12(19)9-18/h8,10-12,19H,3-7,9H2,1-2H3,(H,15,16,17). The molecule has 106 valence electrons. The van der Waals surface area contributed by atoms with Crippen molar-refractivity contribution in [2.45, 2.75) is 39.2 Å². The van der Waals surface area contributed by atoms with Crippen molar-refractivity contribution in [1.29, 1.82) is 0 Å². The first kappa shape index (κ1) is 14.1. The minimum Gasteiger partial charge on any atom is -0.391 e. The van der Waals surface area contributed by atoms with Gasteiger partial charge in [-0.1, -0.05) is 13.8 Å². The second-order valence-electron chi connectivity index (χ2n) is 5.61. The Hall–Kier alpha value is -1.36. The quantitative estimate of drug-likeness (QED) is 0.768. The van der Waals surface area contributed by atoms with Crippen molar-refractivity contribution in [3.8, 4) is 0 Å². The van der Waals surface area contributed by atoms with Crippen molar-refractivity contribution in [3.63, 3.8) is 0 Å². The summed E-state index contributed by atoms with van der Waals surface area (Å²) in [5, 5.41) is 12.9. The molecule has 2 N–H and O–H groups in total. The van der Waals surface area contributed by atoms with Crippen LogP contribution in [0, 0.1) is 5.92 Å². The predicted octanol–water partition coefficient (Wildman–Crippen LogP) is 1.90. The van der Waals surface area contributed by atoms with Crippen LogP contribution in [0.25, 0.3) is 0 Å². The average molecular weight is 264 g/mol. The van der Waals surface area contributed by atoms with Gasteiger partial charge in [0.15, 0.2) is 0 Å². The van der Waals surface area contributed by atoms with Crippen LogP contribution in [0.5, 0.6) is 0 Å². The van der Waals surface area contributed by atoms with Gasteiger partial charge in [0, 0.05) is 25.7 Å². The molecular formula is C14H24N4O. The first-order chi connectivity index (χ1) is 9.15. The number of β-amino-alcohol motifs (C(OH)–C–C–N with tert-alkyl or cyclic N) is 1. The summed E-state index contributed by atoms with van der Waals surface area (Å²) in [7, 11) is 0. The van der Waals surface area contributed by atoms with E-state index in [4.69, 9.17) is 0 Å². The van der Waals surface area contributed by atoms with Gasteiger partial charge in [-0.15, -0.1) is 0 Å². The fourth-order valence-electron chi connectivity index (χ4n) is 2.29. The molecular weight excluding hydrogens is 240 g/mol. The van der Waals surface area contributed by atoms with Gasteiger partial charge in [-0.2, -0.15) is 0 Å². The van der Waals surface area contributed by atoms with Gasteiger partial charge in [-0.25, -0.2) is 9.97 Å². The molecule has 1 atom stereocenters. The van der Waals surface area contributed by atoms with E-state index in [0.29, 0.717) is 6.54 Å². The zero-order valence-corrected chi connectivity index (χ0v) is 11.8. The van der Waals surface area contributed by atoms with Crippen LogP contribution in [-0.4, -0.2) is 40.8 Å². The number of aromatic nitrogens is 2. The Morgan fingerprint density at radius 3 is 3.00 bits per heavy atom. The van der Waals surface area contributed by atoms with Gasteiger partial charge in [-0.3, -0.25) is 0 Å². The van der Waals surface area contributed by atoms with Crippen LogP contribution in [0.2, 0.25) is 0 Å². The molecule has 5 nitrogen and oxygen atoms in total. The zero-order chi connectivity index (χ0) is 13.7. The zero-order valence-electron chi connectivity index (χ0n) is 11.8. The van der Waals surface area contributed by atoms with Crippen LogP contribution in [0.1, 0.15) is 33.1 Å². The number of hydrogen-bond donors (Lipinski definition) is 2. The fraction of sp³-hybridized carbons (Fsp3) is 0.714. The van der Waals surface area contributed by atoms with Gasteiger partial charge in [0.1, 0.15) is 18.0 Å². The lowest BCUT2D eigenvalue weighted by atomic mass is 10.1. The molecule has 0 saturated carbocycles. The van der Waals surface area contributed by atoms with E-state index in [0.717, 1.165) is 43.5 Å². The van der Waals surface area contributed by atoms with Gasteiger partial charge in [0.25, 0.3) is 0 Å². The molecule has 0 aromatic carbocycles. The Morgan fingerprint density at radius 1 is 1.47 bits per heavy atom. The molecule has 1 saturated heterocycles. The number of nitrogens with zero attached hydrogens (tertiary/aromatic N) is 3. The van der Waals surface area contributed by atoms with E-state index in [9.17, 15) is 5.11 Å². The molecule has 5 heteroatoms. The third-order valence-corrected chi connectivity index (χ3v) is 3.40. The summed E-state index contributed by atoms with van der Waals surface area (Å²) < 4.78 is 0. The smallest absolute Gasteiger partial charge is 0.134 e. The SMILES string of the molecule is CC(C)CCCNc1cc(N2CCC(O)C2)ncn1. The molecule has 0 amide bonds. The number of rotatable bonds is 6. The first-order valence-electron chi connectivity index (χ1n) is 7.14. The van der Waals surface area contributed by atoms with Crippen LogP contribution in [0.15, 0.2) is 12.4 Å². The molecule has 1 unspecified atom stereocenters. The molecule has 1 fully saturated rings. The summed E-state index contributed by atoms with van der Waals surface area (Å²) in [5.41, 5.74) is 0. The minimum atomic E-state index is -0.225. The van der Waals surface area contributed by atoms with Crippen LogP contribution in [-0.2, 0) is 0 Å². The maximum Gasteiger partial charge on any atom is 0.134 e. The number of hydrogen-bond acceptors (Lipinski definition) is 5. The monoisotopic (exact) mass is 264 g/mol. The Kier molecular flexibility index (Phi) is 4.96. The van der Waals surface area contributed by atoms with Crippen molar-refractivity contribution < 1.29 is 5.11 Å². The van der Waals surface area contributed by atoms with Gasteiger partial charge >= 0.3 is 0 Å².